The van der Waals surface area contributed by atoms with Crippen molar-refractivity contribution in [3.8, 4) is 11.4 Å². The van der Waals surface area contributed by atoms with Gasteiger partial charge in [0.25, 0.3) is 0 Å². The normalized spacial score (nSPS) is 10.4. The van der Waals surface area contributed by atoms with Crippen molar-refractivity contribution in [1.82, 2.24) is 4.57 Å². The van der Waals surface area contributed by atoms with Gasteiger partial charge in [-0.2, -0.15) is 0 Å². The molecule has 0 aliphatic carbocycles. The van der Waals surface area contributed by atoms with E-state index >= 15 is 0 Å². The molecule has 0 saturated carbocycles. The predicted molar refractivity (Wildman–Crippen MR) is 71.7 cm³/mol. The number of ether oxygens (including phenoxy) is 1. The molecule has 94 valence electrons. The van der Waals surface area contributed by atoms with E-state index in [9.17, 15) is 9.90 Å². The topological polar surface area (TPSA) is 51.5 Å². The average Bonchev–Trinajstić information content (AvgIpc) is 2.72. The van der Waals surface area contributed by atoms with Crippen LogP contribution in [0.15, 0.2) is 34.9 Å². The fourth-order valence-corrected chi connectivity index (χ4v) is 2.19. The molecular weight excluding hydrogens is 298 g/mol. The standard InChI is InChI=1S/C13H12BrNO3/c1-8-3-4-10(18-2)6-11(8)15-7-9(14)5-12(15)13(16)17/h3-7H,1-2H3,(H,16,17). The van der Waals surface area contributed by atoms with Gasteiger partial charge in [0.2, 0.25) is 0 Å². The minimum Gasteiger partial charge on any atom is -0.497 e. The highest BCUT2D eigenvalue weighted by Crippen LogP contribution is 2.25. The van der Waals surface area contributed by atoms with Crippen molar-refractivity contribution in [2.45, 2.75) is 6.92 Å². The number of hydrogen-bond donors (Lipinski definition) is 1. The second-order valence-corrected chi connectivity index (χ2v) is 4.79. The summed E-state index contributed by atoms with van der Waals surface area (Å²) in [4.78, 5) is 11.2. The van der Waals surface area contributed by atoms with Crippen molar-refractivity contribution in [1.29, 1.82) is 0 Å². The molecule has 1 heterocycles. The van der Waals surface area contributed by atoms with E-state index in [0.29, 0.717) is 5.75 Å². The Hall–Kier alpha value is -1.75. The zero-order valence-corrected chi connectivity index (χ0v) is 11.6. The molecule has 0 aliphatic heterocycles. The molecule has 1 N–H and O–H groups in total. The number of nitrogens with zero attached hydrogens (tertiary/aromatic N) is 1. The highest BCUT2D eigenvalue weighted by atomic mass is 79.9. The van der Waals surface area contributed by atoms with E-state index in [1.165, 1.54) is 0 Å². The largest absolute Gasteiger partial charge is 0.497 e. The van der Waals surface area contributed by atoms with Gasteiger partial charge in [-0.25, -0.2) is 4.79 Å². The van der Waals surface area contributed by atoms with E-state index in [-0.39, 0.29) is 5.69 Å². The van der Waals surface area contributed by atoms with Crippen LogP contribution in [-0.2, 0) is 0 Å². The number of methoxy groups -OCH3 is 1. The number of carbonyl (C=O) groups is 1. The third kappa shape index (κ3) is 2.26. The Morgan fingerprint density at radius 1 is 1.39 bits per heavy atom. The summed E-state index contributed by atoms with van der Waals surface area (Å²) in [7, 11) is 1.58. The summed E-state index contributed by atoms with van der Waals surface area (Å²) < 4.78 is 7.52. The minimum atomic E-state index is -0.970. The molecule has 4 nitrogen and oxygen atoms in total. The van der Waals surface area contributed by atoms with E-state index in [1.807, 2.05) is 25.1 Å². The lowest BCUT2D eigenvalue weighted by Crippen LogP contribution is -2.07. The second-order valence-electron chi connectivity index (χ2n) is 3.87. The number of rotatable bonds is 3. The van der Waals surface area contributed by atoms with Gasteiger partial charge in [0, 0.05) is 16.7 Å². The zero-order valence-electron chi connectivity index (χ0n) is 9.98. The number of aromatic carboxylic acids is 1. The number of carboxylic acids is 1. The molecule has 2 aromatic rings. The summed E-state index contributed by atoms with van der Waals surface area (Å²) in [5.41, 5.74) is 1.97. The highest BCUT2D eigenvalue weighted by molar-refractivity contribution is 9.10. The average molecular weight is 310 g/mol. The molecule has 0 bridgehead atoms. The SMILES string of the molecule is COc1ccc(C)c(-n2cc(Br)cc2C(=O)O)c1. The molecule has 0 amide bonds. The van der Waals surface area contributed by atoms with Crippen LogP contribution < -0.4 is 4.74 Å². The van der Waals surface area contributed by atoms with Crippen molar-refractivity contribution in [3.05, 3.63) is 46.2 Å². The maximum atomic E-state index is 11.2. The molecule has 0 saturated heterocycles. The monoisotopic (exact) mass is 309 g/mol. The molecule has 0 aliphatic rings. The van der Waals surface area contributed by atoms with E-state index in [2.05, 4.69) is 15.9 Å². The van der Waals surface area contributed by atoms with Crippen LogP contribution in [0.3, 0.4) is 0 Å². The summed E-state index contributed by atoms with van der Waals surface area (Å²) in [6.07, 6.45) is 1.73. The highest BCUT2D eigenvalue weighted by Gasteiger charge is 2.14. The van der Waals surface area contributed by atoms with E-state index in [0.717, 1.165) is 15.7 Å². The second kappa shape index (κ2) is 4.86. The molecule has 0 radical (unpaired) electrons. The van der Waals surface area contributed by atoms with Crippen LogP contribution in [-0.4, -0.2) is 22.8 Å². The molecule has 18 heavy (non-hydrogen) atoms. The van der Waals surface area contributed by atoms with Crippen LogP contribution in [0.25, 0.3) is 5.69 Å². The summed E-state index contributed by atoms with van der Waals surface area (Å²) in [6.45, 7) is 1.92. The van der Waals surface area contributed by atoms with E-state index in [1.54, 1.807) is 23.9 Å². The zero-order chi connectivity index (χ0) is 13.3. The van der Waals surface area contributed by atoms with Gasteiger partial charge < -0.3 is 14.4 Å². The number of aromatic nitrogens is 1. The molecule has 2 rings (SSSR count). The van der Waals surface area contributed by atoms with Crippen molar-refractivity contribution < 1.29 is 14.6 Å². The van der Waals surface area contributed by atoms with Crippen LogP contribution in [0.1, 0.15) is 16.1 Å². The first-order valence-electron chi connectivity index (χ1n) is 5.29. The van der Waals surface area contributed by atoms with Gasteiger partial charge in [-0.3, -0.25) is 0 Å². The molecular formula is C13H12BrNO3. The number of benzene rings is 1. The first kappa shape index (κ1) is 12.7. The number of aryl methyl sites for hydroxylation is 1. The van der Waals surface area contributed by atoms with Gasteiger partial charge in [0.05, 0.1) is 12.8 Å². The fourth-order valence-electron chi connectivity index (χ4n) is 1.77. The van der Waals surface area contributed by atoms with E-state index < -0.39 is 5.97 Å². The van der Waals surface area contributed by atoms with E-state index in [4.69, 9.17) is 4.74 Å². The first-order valence-corrected chi connectivity index (χ1v) is 6.08. The van der Waals surface area contributed by atoms with Gasteiger partial charge >= 0.3 is 5.97 Å². The van der Waals surface area contributed by atoms with Gasteiger partial charge in [-0.05, 0) is 40.5 Å². The Labute approximate surface area is 113 Å². The van der Waals surface area contributed by atoms with Crippen LogP contribution in [0, 0.1) is 6.92 Å². The minimum absolute atomic E-state index is 0.207. The smallest absolute Gasteiger partial charge is 0.352 e. The quantitative estimate of drug-likeness (QED) is 0.947. The Kier molecular flexibility index (Phi) is 3.43. The molecule has 0 fully saturated rings. The summed E-state index contributed by atoms with van der Waals surface area (Å²) in [5.74, 6) is -0.278. The van der Waals surface area contributed by atoms with Crippen molar-refractivity contribution in [3.63, 3.8) is 0 Å². The number of halogens is 1. The first-order chi connectivity index (χ1) is 8.52. The number of carboxylic acid groups (broad SMARTS) is 1. The van der Waals surface area contributed by atoms with Crippen LogP contribution in [0.2, 0.25) is 0 Å². The summed E-state index contributed by atoms with van der Waals surface area (Å²) in [5, 5.41) is 9.18. The van der Waals surface area contributed by atoms with Gasteiger partial charge in [0.1, 0.15) is 11.4 Å². The van der Waals surface area contributed by atoms with Gasteiger partial charge in [-0.1, -0.05) is 6.07 Å². The lowest BCUT2D eigenvalue weighted by atomic mass is 10.2. The maximum absolute atomic E-state index is 11.2. The molecule has 1 aromatic heterocycles. The summed E-state index contributed by atoms with van der Waals surface area (Å²) in [6, 6.07) is 7.13. The molecule has 1 aromatic carbocycles. The Morgan fingerprint density at radius 2 is 2.11 bits per heavy atom. The number of hydrogen-bond acceptors (Lipinski definition) is 2. The third-order valence-corrected chi connectivity index (χ3v) is 3.12. The fraction of sp³-hybridized carbons (Fsp3) is 0.154. The van der Waals surface area contributed by atoms with Crippen molar-refractivity contribution in [2.75, 3.05) is 7.11 Å². The molecule has 0 atom stereocenters. The maximum Gasteiger partial charge on any atom is 0.352 e. The lowest BCUT2D eigenvalue weighted by molar-refractivity contribution is 0.0688. The Morgan fingerprint density at radius 3 is 2.72 bits per heavy atom. The molecule has 0 spiro atoms. The van der Waals surface area contributed by atoms with Crippen molar-refractivity contribution in [2.24, 2.45) is 0 Å². The Balaban J connectivity index is 2.64. The molecule has 5 heteroatoms. The summed E-state index contributed by atoms with van der Waals surface area (Å²) >= 11 is 3.29. The van der Waals surface area contributed by atoms with Gasteiger partial charge in [-0.15, -0.1) is 0 Å². The van der Waals surface area contributed by atoms with Crippen LogP contribution >= 0.6 is 15.9 Å². The lowest BCUT2D eigenvalue weighted by Gasteiger charge is -2.11. The predicted octanol–water partition coefficient (Wildman–Crippen LogP) is 3.26. The Bertz CT molecular complexity index is 604. The van der Waals surface area contributed by atoms with Crippen LogP contribution in [0.4, 0.5) is 0 Å². The van der Waals surface area contributed by atoms with Crippen LogP contribution in [0.5, 0.6) is 5.75 Å². The third-order valence-electron chi connectivity index (χ3n) is 2.68. The molecule has 0 unspecified atom stereocenters. The van der Waals surface area contributed by atoms with Crippen molar-refractivity contribution >= 4 is 21.9 Å². The van der Waals surface area contributed by atoms with Gasteiger partial charge in [0.15, 0.2) is 0 Å².